The highest BCUT2D eigenvalue weighted by Crippen LogP contribution is 2.32. The fourth-order valence-corrected chi connectivity index (χ4v) is 5.39. The second-order valence-corrected chi connectivity index (χ2v) is 12.2. The molecule has 0 saturated carbocycles. The Labute approximate surface area is 262 Å². The highest BCUT2D eigenvalue weighted by Gasteiger charge is 2.58. The molecule has 11 nitrogen and oxygen atoms in total. The summed E-state index contributed by atoms with van der Waals surface area (Å²) < 4.78 is 5.50. The molecule has 0 spiro atoms. The molecule has 3 aromatic rings. The van der Waals surface area contributed by atoms with Gasteiger partial charge in [0.15, 0.2) is 0 Å². The maximum atomic E-state index is 13.5. The molecule has 0 aromatic heterocycles. The fraction of sp³-hybridized carbons (Fsp3) is 0.382. The van der Waals surface area contributed by atoms with Crippen LogP contribution in [-0.2, 0) is 30.3 Å². The molecule has 0 radical (unpaired) electrons. The van der Waals surface area contributed by atoms with E-state index < -0.39 is 59.4 Å². The monoisotopic (exact) mass is 616 g/mol. The summed E-state index contributed by atoms with van der Waals surface area (Å²) >= 11 is 0. The predicted octanol–water partition coefficient (Wildman–Crippen LogP) is 2.58. The van der Waals surface area contributed by atoms with E-state index in [0.29, 0.717) is 12.8 Å². The third kappa shape index (κ3) is 8.24. The molecule has 0 aliphatic carbocycles. The Bertz CT molecular complexity index is 1570. The molecule has 3 atom stereocenters. The van der Waals surface area contributed by atoms with Crippen LogP contribution in [0.1, 0.15) is 62.4 Å². The number of aliphatic hydroxyl groups is 1. The van der Waals surface area contributed by atoms with E-state index in [1.807, 2.05) is 54.6 Å². The number of carbonyl (C=O) groups excluding carboxylic acids is 5. The van der Waals surface area contributed by atoms with Crippen LogP contribution in [0.5, 0.6) is 0 Å². The molecular formula is C34H40N4O7. The van der Waals surface area contributed by atoms with Gasteiger partial charge in [-0.2, -0.15) is 0 Å². The van der Waals surface area contributed by atoms with E-state index in [4.69, 9.17) is 10.5 Å². The summed E-state index contributed by atoms with van der Waals surface area (Å²) in [4.78, 5) is 66.4. The van der Waals surface area contributed by atoms with Gasteiger partial charge in [0.2, 0.25) is 17.7 Å². The fourth-order valence-electron chi connectivity index (χ4n) is 5.39. The number of aryl methyl sites for hydroxylation is 1. The second-order valence-electron chi connectivity index (χ2n) is 12.2. The van der Waals surface area contributed by atoms with E-state index in [2.05, 4.69) is 10.6 Å². The first-order valence-electron chi connectivity index (χ1n) is 15.0. The Morgan fingerprint density at radius 3 is 2.33 bits per heavy atom. The number of rotatable bonds is 11. The SMILES string of the molecule is CC(C)(C)OC(=O)[C@@]1(O)[C@@H](NC(=O)[C@H](CC(N)=O)NC(=O)c2ccc3ccccc3c2)CCN1C(=O)CCCc1ccccc1. The summed E-state index contributed by atoms with van der Waals surface area (Å²) in [5, 5.41) is 18.7. The highest BCUT2D eigenvalue weighted by atomic mass is 16.6. The molecule has 1 saturated heterocycles. The summed E-state index contributed by atoms with van der Waals surface area (Å²) in [7, 11) is 0. The van der Waals surface area contributed by atoms with Crippen LogP contribution >= 0.6 is 0 Å². The van der Waals surface area contributed by atoms with Gasteiger partial charge in [-0.15, -0.1) is 0 Å². The van der Waals surface area contributed by atoms with Crippen LogP contribution in [0.2, 0.25) is 0 Å². The van der Waals surface area contributed by atoms with E-state index >= 15 is 0 Å². The van der Waals surface area contributed by atoms with Gasteiger partial charge in [-0.05, 0) is 68.5 Å². The van der Waals surface area contributed by atoms with Crippen molar-refractivity contribution in [3.05, 3.63) is 83.9 Å². The van der Waals surface area contributed by atoms with Crippen molar-refractivity contribution in [2.45, 2.75) is 76.3 Å². The summed E-state index contributed by atoms with van der Waals surface area (Å²) in [5.74, 6) is -3.90. The molecular weight excluding hydrogens is 576 g/mol. The maximum Gasteiger partial charge on any atom is 0.362 e. The standard InChI is InChI=1S/C34H40N4O7/c1-33(2,3)45-32(43)34(44)27(18-19-38(34)29(40)15-9-12-22-10-5-4-6-11-22)37-31(42)26(21-28(35)39)36-30(41)25-17-16-23-13-7-8-14-24(23)20-25/h4-8,10-11,13-14,16-17,20,26-27,44H,9,12,15,18-19,21H2,1-3H3,(H2,35,39)(H,36,41)(H,37,42)/t26-,27-,34-/m0/s1. The van der Waals surface area contributed by atoms with Gasteiger partial charge in [0.1, 0.15) is 11.6 Å². The Hall–Kier alpha value is -4.77. The summed E-state index contributed by atoms with van der Waals surface area (Å²) in [6, 6.07) is 19.4. The Morgan fingerprint density at radius 1 is 1.00 bits per heavy atom. The van der Waals surface area contributed by atoms with Crippen molar-refractivity contribution >= 4 is 40.4 Å². The molecule has 0 unspecified atom stereocenters. The summed E-state index contributed by atoms with van der Waals surface area (Å²) in [6.07, 6.45) is 0.630. The zero-order chi connectivity index (χ0) is 32.8. The lowest BCUT2D eigenvalue weighted by atomic mass is 10.0. The Kier molecular flexibility index (Phi) is 10.2. The lowest BCUT2D eigenvalue weighted by Gasteiger charge is -2.37. The maximum absolute atomic E-state index is 13.5. The number of nitrogens with one attached hydrogen (secondary N) is 2. The van der Waals surface area contributed by atoms with E-state index in [9.17, 15) is 29.1 Å². The quantitative estimate of drug-likeness (QED) is 0.240. The number of nitrogens with zero attached hydrogens (tertiary/aromatic N) is 1. The van der Waals surface area contributed by atoms with Gasteiger partial charge in [0.25, 0.3) is 11.6 Å². The van der Waals surface area contributed by atoms with E-state index in [1.165, 1.54) is 0 Å². The number of nitrogens with two attached hydrogens (primary N) is 1. The van der Waals surface area contributed by atoms with Crippen molar-refractivity contribution < 1.29 is 33.8 Å². The molecule has 3 aromatic carbocycles. The van der Waals surface area contributed by atoms with Crippen LogP contribution in [0.25, 0.3) is 10.8 Å². The van der Waals surface area contributed by atoms with Crippen molar-refractivity contribution in [2.24, 2.45) is 5.73 Å². The molecule has 11 heteroatoms. The molecule has 238 valence electrons. The van der Waals surface area contributed by atoms with E-state index in [1.54, 1.807) is 39.0 Å². The van der Waals surface area contributed by atoms with E-state index in [-0.39, 0.29) is 24.9 Å². The Morgan fingerprint density at radius 2 is 1.67 bits per heavy atom. The molecule has 5 N–H and O–H groups in total. The third-order valence-electron chi connectivity index (χ3n) is 7.59. The van der Waals surface area contributed by atoms with Gasteiger partial charge < -0.3 is 31.1 Å². The van der Waals surface area contributed by atoms with Crippen LogP contribution in [0.3, 0.4) is 0 Å². The Balaban J connectivity index is 1.51. The minimum absolute atomic E-state index is 0.0216. The van der Waals surface area contributed by atoms with Crippen LogP contribution in [0, 0.1) is 0 Å². The smallest absolute Gasteiger partial charge is 0.362 e. The topological polar surface area (TPSA) is 168 Å². The minimum Gasteiger partial charge on any atom is -0.456 e. The average Bonchev–Trinajstić information content (AvgIpc) is 3.32. The zero-order valence-corrected chi connectivity index (χ0v) is 25.7. The molecule has 1 fully saturated rings. The molecule has 1 heterocycles. The number of primary amides is 1. The highest BCUT2D eigenvalue weighted by molar-refractivity contribution is 6.01. The lowest BCUT2D eigenvalue weighted by molar-refractivity contribution is -0.200. The van der Waals surface area contributed by atoms with Crippen molar-refractivity contribution in [1.82, 2.24) is 15.5 Å². The number of hydrogen-bond donors (Lipinski definition) is 4. The molecule has 0 bridgehead atoms. The number of hydrogen-bond acceptors (Lipinski definition) is 7. The number of ether oxygens (including phenoxy) is 1. The van der Waals surface area contributed by atoms with Crippen molar-refractivity contribution in [1.29, 1.82) is 0 Å². The molecule has 1 aliphatic heterocycles. The van der Waals surface area contributed by atoms with Gasteiger partial charge >= 0.3 is 5.97 Å². The largest absolute Gasteiger partial charge is 0.456 e. The predicted molar refractivity (Wildman–Crippen MR) is 167 cm³/mol. The number of likely N-dealkylation sites (tertiary alicyclic amines) is 1. The molecule has 4 rings (SSSR count). The van der Waals surface area contributed by atoms with Crippen molar-refractivity contribution in [2.75, 3.05) is 6.54 Å². The third-order valence-corrected chi connectivity index (χ3v) is 7.59. The number of amides is 4. The van der Waals surface area contributed by atoms with Gasteiger partial charge in [0, 0.05) is 18.5 Å². The van der Waals surface area contributed by atoms with Gasteiger partial charge in [-0.3, -0.25) is 19.2 Å². The minimum atomic E-state index is -2.52. The normalized spacial score (nSPS) is 18.7. The van der Waals surface area contributed by atoms with Crippen LogP contribution in [0.15, 0.2) is 72.8 Å². The van der Waals surface area contributed by atoms with Crippen LogP contribution in [0.4, 0.5) is 0 Å². The zero-order valence-electron chi connectivity index (χ0n) is 25.7. The first kappa shape index (κ1) is 33.1. The first-order chi connectivity index (χ1) is 21.3. The number of carbonyl (C=O) groups is 5. The van der Waals surface area contributed by atoms with E-state index in [0.717, 1.165) is 21.2 Å². The van der Waals surface area contributed by atoms with Gasteiger partial charge in [-0.1, -0.05) is 60.7 Å². The number of benzene rings is 3. The van der Waals surface area contributed by atoms with Gasteiger partial charge in [0.05, 0.1) is 12.5 Å². The molecule has 45 heavy (non-hydrogen) atoms. The number of fused-ring (bicyclic) bond motifs is 1. The van der Waals surface area contributed by atoms with Crippen molar-refractivity contribution in [3.8, 4) is 0 Å². The summed E-state index contributed by atoms with van der Waals surface area (Å²) in [6.45, 7) is 4.82. The average molecular weight is 617 g/mol. The lowest BCUT2D eigenvalue weighted by Crippen LogP contribution is -2.65. The second kappa shape index (κ2) is 13.9. The van der Waals surface area contributed by atoms with Crippen LogP contribution in [-0.4, -0.2) is 69.6 Å². The van der Waals surface area contributed by atoms with Gasteiger partial charge in [-0.25, -0.2) is 4.79 Å². The van der Waals surface area contributed by atoms with Crippen LogP contribution < -0.4 is 16.4 Å². The first-order valence-corrected chi connectivity index (χ1v) is 15.0. The molecule has 1 aliphatic rings. The van der Waals surface area contributed by atoms with Crippen molar-refractivity contribution in [3.63, 3.8) is 0 Å². The number of esters is 1. The molecule has 4 amide bonds. The summed E-state index contributed by atoms with van der Waals surface area (Å²) in [5.41, 5.74) is 3.18.